The molecule has 1 aromatic heterocycles. The second-order valence-electron chi connectivity index (χ2n) is 4.34. The van der Waals surface area contributed by atoms with Crippen molar-refractivity contribution in [1.82, 2.24) is 10.2 Å². The molecule has 2 aliphatic rings. The molecule has 2 aliphatic heterocycles. The molecule has 5 heteroatoms. The highest BCUT2D eigenvalue weighted by Gasteiger charge is 2.30. The van der Waals surface area contributed by atoms with Gasteiger partial charge in [-0.1, -0.05) is 11.6 Å². The smallest absolute Gasteiger partial charge is 0.253 e. The number of halogens is 1. The van der Waals surface area contributed by atoms with E-state index in [1.807, 2.05) is 0 Å². The van der Waals surface area contributed by atoms with Crippen molar-refractivity contribution in [3.8, 4) is 0 Å². The van der Waals surface area contributed by atoms with Gasteiger partial charge in [0.05, 0.1) is 16.1 Å². The Bertz CT molecular complexity index is 432. The fraction of sp³-hybridized carbons (Fsp3) is 0.545. The van der Waals surface area contributed by atoms with E-state index in [-0.39, 0.29) is 12.1 Å². The molecule has 3 rings (SSSR count). The summed E-state index contributed by atoms with van der Waals surface area (Å²) < 4.78 is 0.704. The largest absolute Gasteiger partial charge is 0.336 e. The Morgan fingerprint density at radius 2 is 2.38 bits per heavy atom. The van der Waals surface area contributed by atoms with Crippen LogP contribution in [0.3, 0.4) is 0 Å². The summed E-state index contributed by atoms with van der Waals surface area (Å²) in [5.41, 5.74) is 0.768. The first kappa shape index (κ1) is 10.6. The van der Waals surface area contributed by atoms with E-state index in [0.29, 0.717) is 4.34 Å². The Kier molecular flexibility index (Phi) is 2.65. The predicted molar refractivity (Wildman–Crippen MR) is 64.8 cm³/mol. The van der Waals surface area contributed by atoms with Crippen molar-refractivity contribution in [2.24, 2.45) is 0 Å². The molecule has 3 heterocycles. The van der Waals surface area contributed by atoms with Gasteiger partial charge in [-0.25, -0.2) is 0 Å². The first-order valence-electron chi connectivity index (χ1n) is 5.57. The van der Waals surface area contributed by atoms with E-state index in [1.54, 1.807) is 6.07 Å². The number of amides is 1. The van der Waals surface area contributed by atoms with Crippen LogP contribution in [0.15, 0.2) is 6.07 Å². The first-order chi connectivity index (χ1) is 7.74. The minimum Gasteiger partial charge on any atom is -0.336 e. The Labute approximate surface area is 103 Å². The molecular formula is C11H13ClN2OS. The summed E-state index contributed by atoms with van der Waals surface area (Å²) in [4.78, 5) is 15.4. The molecule has 86 valence electrons. The van der Waals surface area contributed by atoms with Crippen molar-refractivity contribution in [1.29, 1.82) is 0 Å². The Morgan fingerprint density at radius 3 is 3.25 bits per heavy atom. The van der Waals surface area contributed by atoms with E-state index < -0.39 is 0 Å². The topological polar surface area (TPSA) is 32.3 Å². The monoisotopic (exact) mass is 256 g/mol. The summed E-state index contributed by atoms with van der Waals surface area (Å²) in [5.74, 6) is 0.0348. The Morgan fingerprint density at radius 1 is 1.50 bits per heavy atom. The highest BCUT2D eigenvalue weighted by molar-refractivity contribution is 7.16. The molecule has 1 amide bonds. The van der Waals surface area contributed by atoms with Crippen LogP contribution >= 0.6 is 22.9 Å². The van der Waals surface area contributed by atoms with Gasteiger partial charge < -0.3 is 5.32 Å². The summed E-state index contributed by atoms with van der Waals surface area (Å²) in [6, 6.07) is 1.79. The van der Waals surface area contributed by atoms with E-state index in [0.717, 1.165) is 30.0 Å². The number of carbonyl (C=O) groups excluding carboxylic acids is 1. The van der Waals surface area contributed by atoms with Crippen molar-refractivity contribution in [3.63, 3.8) is 0 Å². The first-order valence-corrected chi connectivity index (χ1v) is 6.76. The van der Waals surface area contributed by atoms with E-state index >= 15 is 0 Å². The summed E-state index contributed by atoms with van der Waals surface area (Å²) in [6.07, 6.45) is 3.71. The number of hydrogen-bond donors (Lipinski definition) is 1. The Hall–Kier alpha value is -0.580. The van der Waals surface area contributed by atoms with E-state index in [1.165, 1.54) is 24.2 Å². The molecule has 3 nitrogen and oxygen atoms in total. The predicted octanol–water partition coefficient (Wildman–Crippen LogP) is 2.46. The zero-order valence-corrected chi connectivity index (χ0v) is 10.4. The average molecular weight is 257 g/mol. The summed E-state index contributed by atoms with van der Waals surface area (Å²) in [6.45, 7) is 1.93. The normalized spacial score (nSPS) is 25.6. The van der Waals surface area contributed by atoms with Crippen LogP contribution in [0.4, 0.5) is 0 Å². The molecule has 0 aliphatic carbocycles. The van der Waals surface area contributed by atoms with Crippen molar-refractivity contribution in [3.05, 3.63) is 20.8 Å². The van der Waals surface area contributed by atoms with Crippen LogP contribution in [-0.4, -0.2) is 23.5 Å². The Balaban J connectivity index is 1.95. The van der Waals surface area contributed by atoms with Crippen LogP contribution in [0.5, 0.6) is 0 Å². The van der Waals surface area contributed by atoms with Gasteiger partial charge in [0.25, 0.3) is 5.91 Å². The van der Waals surface area contributed by atoms with E-state index in [2.05, 4.69) is 10.2 Å². The van der Waals surface area contributed by atoms with Gasteiger partial charge in [-0.15, -0.1) is 11.3 Å². The lowest BCUT2D eigenvalue weighted by Gasteiger charge is -2.33. The second kappa shape index (κ2) is 4.02. The maximum absolute atomic E-state index is 12.0. The van der Waals surface area contributed by atoms with Gasteiger partial charge in [0.2, 0.25) is 0 Å². The number of nitrogens with one attached hydrogen (secondary N) is 1. The third kappa shape index (κ3) is 1.75. The van der Waals surface area contributed by atoms with Gasteiger partial charge in [0.1, 0.15) is 0 Å². The molecule has 0 unspecified atom stereocenters. The standard InChI is InChI=1S/C11H13ClN2OS/c12-9-5-7-8(16-9)6-14-4-2-1-3-10(14)13-11(7)15/h5,10H,1-4,6H2,(H,13,15)/t10-/m1/s1. The van der Waals surface area contributed by atoms with Gasteiger partial charge in [-0.05, 0) is 25.3 Å². The molecule has 1 atom stereocenters. The fourth-order valence-electron chi connectivity index (χ4n) is 2.46. The van der Waals surface area contributed by atoms with Crippen LogP contribution in [0.25, 0.3) is 0 Å². The van der Waals surface area contributed by atoms with Gasteiger partial charge in [0, 0.05) is 18.0 Å². The highest BCUT2D eigenvalue weighted by Crippen LogP contribution is 2.31. The number of thiophene rings is 1. The summed E-state index contributed by atoms with van der Waals surface area (Å²) in [5, 5.41) is 3.09. The number of piperidine rings is 1. The van der Waals surface area contributed by atoms with Crippen molar-refractivity contribution in [2.45, 2.75) is 32.0 Å². The average Bonchev–Trinajstić information content (AvgIpc) is 2.57. The minimum absolute atomic E-state index is 0.0348. The molecule has 16 heavy (non-hydrogen) atoms. The second-order valence-corrected chi connectivity index (χ2v) is 6.11. The van der Waals surface area contributed by atoms with Crippen LogP contribution in [0, 0.1) is 0 Å². The minimum atomic E-state index is 0.0348. The third-order valence-electron chi connectivity index (χ3n) is 3.28. The number of fused-ring (bicyclic) bond motifs is 2. The number of hydrogen-bond acceptors (Lipinski definition) is 3. The molecule has 1 N–H and O–H groups in total. The molecule has 1 aromatic rings. The summed E-state index contributed by atoms with van der Waals surface area (Å²) >= 11 is 7.49. The van der Waals surface area contributed by atoms with Gasteiger partial charge >= 0.3 is 0 Å². The summed E-state index contributed by atoms with van der Waals surface area (Å²) in [7, 11) is 0. The molecule has 0 radical (unpaired) electrons. The van der Waals surface area contributed by atoms with Crippen molar-refractivity contribution in [2.75, 3.05) is 6.54 Å². The molecule has 0 aromatic carbocycles. The maximum atomic E-state index is 12.0. The highest BCUT2D eigenvalue weighted by atomic mass is 35.5. The van der Waals surface area contributed by atoms with E-state index in [9.17, 15) is 4.79 Å². The molecule has 0 spiro atoms. The zero-order chi connectivity index (χ0) is 11.1. The number of nitrogens with zero attached hydrogens (tertiary/aromatic N) is 1. The molecule has 1 saturated heterocycles. The maximum Gasteiger partial charge on any atom is 0.253 e. The van der Waals surface area contributed by atoms with Gasteiger partial charge in [-0.2, -0.15) is 0 Å². The van der Waals surface area contributed by atoms with Crippen molar-refractivity contribution >= 4 is 28.8 Å². The molecular weight excluding hydrogens is 244 g/mol. The zero-order valence-electron chi connectivity index (χ0n) is 8.83. The lowest BCUT2D eigenvalue weighted by molar-refractivity contribution is 0.0796. The van der Waals surface area contributed by atoms with Gasteiger partial charge in [-0.3, -0.25) is 9.69 Å². The van der Waals surface area contributed by atoms with Gasteiger partial charge in [0.15, 0.2) is 0 Å². The fourth-order valence-corrected chi connectivity index (χ4v) is 3.76. The lowest BCUT2D eigenvalue weighted by atomic mass is 10.1. The van der Waals surface area contributed by atoms with Crippen LogP contribution < -0.4 is 5.32 Å². The third-order valence-corrected chi connectivity index (χ3v) is 4.53. The molecule has 1 fully saturated rings. The SMILES string of the molecule is O=C1N[C@H]2CCCCN2Cc2sc(Cl)cc21. The van der Waals surface area contributed by atoms with E-state index in [4.69, 9.17) is 11.6 Å². The number of carbonyl (C=O) groups is 1. The van der Waals surface area contributed by atoms with Crippen LogP contribution in [-0.2, 0) is 6.54 Å². The lowest BCUT2D eigenvalue weighted by Crippen LogP contribution is -2.48. The van der Waals surface area contributed by atoms with Crippen molar-refractivity contribution < 1.29 is 4.79 Å². The molecule has 0 bridgehead atoms. The quantitative estimate of drug-likeness (QED) is 0.773. The number of rotatable bonds is 0. The van der Waals surface area contributed by atoms with Crippen LogP contribution in [0.2, 0.25) is 4.34 Å². The van der Waals surface area contributed by atoms with Crippen LogP contribution in [0.1, 0.15) is 34.5 Å². The molecule has 0 saturated carbocycles.